The first-order valence-electron chi connectivity index (χ1n) is 8.29. The van der Waals surface area contributed by atoms with Gasteiger partial charge in [0.05, 0.1) is 19.8 Å². The standard InChI is InChI=1S/C19H19FN4O3/c1-27-16-7-5-14(6-8-16)17(25)11-24-12-22-18(23-24)19(26)21-10-13-3-2-4-15(20)9-13/h2-9,12,17,25H,10-11H2,1H3,(H,21,26)/t17-/m1/s1. The lowest BCUT2D eigenvalue weighted by Crippen LogP contribution is -2.24. The molecule has 2 N–H and O–H groups in total. The van der Waals surface area contributed by atoms with Crippen molar-refractivity contribution in [3.05, 3.63) is 77.6 Å². The summed E-state index contributed by atoms with van der Waals surface area (Å²) in [7, 11) is 1.57. The summed E-state index contributed by atoms with van der Waals surface area (Å²) < 4.78 is 19.6. The first kappa shape index (κ1) is 18.5. The van der Waals surface area contributed by atoms with Gasteiger partial charge in [0, 0.05) is 6.54 Å². The quantitative estimate of drug-likeness (QED) is 0.665. The average Bonchev–Trinajstić information content (AvgIpc) is 3.15. The summed E-state index contributed by atoms with van der Waals surface area (Å²) in [4.78, 5) is 16.1. The molecule has 0 radical (unpaired) electrons. The SMILES string of the molecule is COc1ccc([C@H](O)Cn2cnc(C(=O)NCc3cccc(F)c3)n2)cc1. The van der Waals surface area contributed by atoms with Crippen LogP contribution >= 0.6 is 0 Å². The number of nitrogens with one attached hydrogen (secondary N) is 1. The average molecular weight is 370 g/mol. The van der Waals surface area contributed by atoms with E-state index in [9.17, 15) is 14.3 Å². The second-order valence-corrected chi connectivity index (χ2v) is 5.89. The molecule has 0 aliphatic carbocycles. The largest absolute Gasteiger partial charge is 0.497 e. The summed E-state index contributed by atoms with van der Waals surface area (Å²) in [6.07, 6.45) is 0.574. The summed E-state index contributed by atoms with van der Waals surface area (Å²) in [6.45, 7) is 0.316. The highest BCUT2D eigenvalue weighted by molar-refractivity contribution is 5.90. The van der Waals surface area contributed by atoms with Gasteiger partial charge >= 0.3 is 0 Å². The molecule has 0 aliphatic rings. The molecule has 27 heavy (non-hydrogen) atoms. The lowest BCUT2D eigenvalue weighted by atomic mass is 10.1. The van der Waals surface area contributed by atoms with Gasteiger partial charge in [-0.15, -0.1) is 5.10 Å². The van der Waals surface area contributed by atoms with Crippen molar-refractivity contribution in [2.75, 3.05) is 7.11 Å². The molecular formula is C19H19FN4O3. The van der Waals surface area contributed by atoms with Crippen LogP contribution in [0.3, 0.4) is 0 Å². The topological polar surface area (TPSA) is 89.3 Å². The van der Waals surface area contributed by atoms with Crippen LogP contribution in [0.25, 0.3) is 0 Å². The Morgan fingerprint density at radius 3 is 2.78 bits per heavy atom. The van der Waals surface area contributed by atoms with E-state index in [4.69, 9.17) is 4.74 Å². The number of hydrogen-bond donors (Lipinski definition) is 2. The zero-order valence-electron chi connectivity index (χ0n) is 14.7. The molecule has 3 rings (SSSR count). The molecule has 3 aromatic rings. The minimum atomic E-state index is -0.805. The van der Waals surface area contributed by atoms with Gasteiger partial charge in [-0.25, -0.2) is 14.1 Å². The fourth-order valence-electron chi connectivity index (χ4n) is 2.50. The molecule has 1 aromatic heterocycles. The second kappa shape index (κ2) is 8.41. The molecule has 7 nitrogen and oxygen atoms in total. The number of aliphatic hydroxyl groups excluding tert-OH is 1. The molecule has 140 valence electrons. The molecule has 1 atom stereocenters. The smallest absolute Gasteiger partial charge is 0.291 e. The second-order valence-electron chi connectivity index (χ2n) is 5.89. The van der Waals surface area contributed by atoms with E-state index in [0.29, 0.717) is 16.9 Å². The summed E-state index contributed by atoms with van der Waals surface area (Å²) in [5, 5.41) is 17.0. The van der Waals surface area contributed by atoms with Crippen molar-refractivity contribution in [1.82, 2.24) is 20.1 Å². The van der Waals surface area contributed by atoms with E-state index >= 15 is 0 Å². The van der Waals surface area contributed by atoms with E-state index < -0.39 is 12.0 Å². The van der Waals surface area contributed by atoms with Crippen molar-refractivity contribution in [2.24, 2.45) is 0 Å². The predicted molar refractivity (Wildman–Crippen MR) is 95.5 cm³/mol. The summed E-state index contributed by atoms with van der Waals surface area (Å²) in [6, 6.07) is 13.0. The molecule has 0 unspecified atom stereocenters. The summed E-state index contributed by atoms with van der Waals surface area (Å²) >= 11 is 0. The number of ether oxygens (including phenoxy) is 1. The lowest BCUT2D eigenvalue weighted by Gasteiger charge is -2.11. The van der Waals surface area contributed by atoms with Crippen LogP contribution in [-0.2, 0) is 13.1 Å². The van der Waals surface area contributed by atoms with Crippen LogP contribution in [-0.4, -0.2) is 32.9 Å². The molecule has 0 fully saturated rings. The monoisotopic (exact) mass is 370 g/mol. The Bertz CT molecular complexity index is 911. The van der Waals surface area contributed by atoms with Crippen LogP contribution in [0.5, 0.6) is 5.75 Å². The number of halogens is 1. The first-order valence-corrected chi connectivity index (χ1v) is 8.29. The Labute approximate surface area is 155 Å². The Morgan fingerprint density at radius 1 is 1.30 bits per heavy atom. The fourth-order valence-corrected chi connectivity index (χ4v) is 2.50. The number of nitrogens with zero attached hydrogens (tertiary/aromatic N) is 3. The van der Waals surface area contributed by atoms with Gasteiger partial charge in [-0.05, 0) is 35.4 Å². The Kier molecular flexibility index (Phi) is 5.77. The van der Waals surface area contributed by atoms with E-state index in [2.05, 4.69) is 15.4 Å². The first-order chi connectivity index (χ1) is 13.0. The van der Waals surface area contributed by atoms with Crippen LogP contribution in [0.2, 0.25) is 0 Å². The van der Waals surface area contributed by atoms with Crippen molar-refractivity contribution in [3.63, 3.8) is 0 Å². The zero-order valence-corrected chi connectivity index (χ0v) is 14.7. The molecule has 8 heteroatoms. The van der Waals surface area contributed by atoms with Crippen LogP contribution < -0.4 is 10.1 Å². The van der Waals surface area contributed by atoms with Gasteiger partial charge in [0.15, 0.2) is 0 Å². The van der Waals surface area contributed by atoms with Gasteiger partial charge in [0.1, 0.15) is 17.9 Å². The molecule has 1 amide bonds. The maximum atomic E-state index is 13.2. The van der Waals surface area contributed by atoms with Gasteiger partial charge in [-0.2, -0.15) is 0 Å². The molecular weight excluding hydrogens is 351 g/mol. The van der Waals surface area contributed by atoms with E-state index in [0.717, 1.165) is 0 Å². The molecule has 0 aliphatic heterocycles. The van der Waals surface area contributed by atoms with Gasteiger partial charge in [-0.3, -0.25) is 4.79 Å². The fraction of sp³-hybridized carbons (Fsp3) is 0.211. The van der Waals surface area contributed by atoms with E-state index in [1.165, 1.54) is 23.1 Å². The Balaban J connectivity index is 1.57. The third kappa shape index (κ3) is 4.89. The minimum Gasteiger partial charge on any atom is -0.497 e. The molecule has 1 heterocycles. The number of methoxy groups -OCH3 is 1. The number of aromatic nitrogens is 3. The van der Waals surface area contributed by atoms with Gasteiger partial charge in [0.2, 0.25) is 5.82 Å². The summed E-state index contributed by atoms with van der Waals surface area (Å²) in [5.41, 5.74) is 1.33. The molecule has 0 saturated carbocycles. The van der Waals surface area contributed by atoms with E-state index in [1.807, 2.05) is 0 Å². The predicted octanol–water partition coefficient (Wildman–Crippen LogP) is 2.09. The van der Waals surface area contributed by atoms with Crippen LogP contribution in [0.1, 0.15) is 27.8 Å². The highest BCUT2D eigenvalue weighted by Gasteiger charge is 2.14. The lowest BCUT2D eigenvalue weighted by molar-refractivity contribution is 0.0938. The van der Waals surface area contributed by atoms with E-state index in [1.54, 1.807) is 43.5 Å². The number of carbonyl (C=O) groups is 1. The minimum absolute atomic E-state index is 0.0201. The van der Waals surface area contributed by atoms with Crippen molar-refractivity contribution in [3.8, 4) is 5.75 Å². The molecule has 2 aromatic carbocycles. The van der Waals surface area contributed by atoms with Crippen molar-refractivity contribution < 1.29 is 19.0 Å². The van der Waals surface area contributed by atoms with Crippen molar-refractivity contribution >= 4 is 5.91 Å². The molecule has 0 saturated heterocycles. The van der Waals surface area contributed by atoms with Crippen molar-refractivity contribution in [2.45, 2.75) is 19.2 Å². The van der Waals surface area contributed by atoms with Gasteiger partial charge < -0.3 is 15.2 Å². The third-order valence-corrected chi connectivity index (χ3v) is 3.94. The van der Waals surface area contributed by atoms with Crippen LogP contribution in [0.4, 0.5) is 4.39 Å². The molecule has 0 bridgehead atoms. The Hall–Kier alpha value is -3.26. The van der Waals surface area contributed by atoms with Gasteiger partial charge in [0.25, 0.3) is 5.91 Å². The van der Waals surface area contributed by atoms with Crippen LogP contribution in [0, 0.1) is 5.82 Å². The maximum absolute atomic E-state index is 13.2. The van der Waals surface area contributed by atoms with Crippen molar-refractivity contribution in [1.29, 1.82) is 0 Å². The number of benzene rings is 2. The zero-order chi connectivity index (χ0) is 19.2. The highest BCUT2D eigenvalue weighted by atomic mass is 19.1. The number of carbonyl (C=O) groups excluding carboxylic acids is 1. The maximum Gasteiger partial charge on any atom is 0.291 e. The highest BCUT2D eigenvalue weighted by Crippen LogP contribution is 2.18. The molecule has 0 spiro atoms. The normalized spacial score (nSPS) is 11.8. The third-order valence-electron chi connectivity index (χ3n) is 3.94. The van der Waals surface area contributed by atoms with E-state index in [-0.39, 0.29) is 24.7 Å². The Morgan fingerprint density at radius 2 is 2.07 bits per heavy atom. The van der Waals surface area contributed by atoms with Crippen LogP contribution in [0.15, 0.2) is 54.9 Å². The number of aliphatic hydroxyl groups is 1. The number of amides is 1. The number of hydrogen-bond acceptors (Lipinski definition) is 5. The van der Waals surface area contributed by atoms with Gasteiger partial charge in [-0.1, -0.05) is 24.3 Å². The summed E-state index contributed by atoms with van der Waals surface area (Å²) in [5.74, 6) is -0.161. The number of rotatable bonds is 7.